The molecule has 10 atom stereocenters. The van der Waals surface area contributed by atoms with E-state index in [2.05, 4.69) is 26.1 Å². The third-order valence-electron chi connectivity index (χ3n) is 12.7. The first-order chi connectivity index (χ1) is 28.7. The number of hydrogen-bond acceptors (Lipinski definition) is 8. The lowest BCUT2D eigenvalue weighted by Crippen LogP contribution is -2.62. The fourth-order valence-electron chi connectivity index (χ4n) is 9.69. The van der Waals surface area contributed by atoms with Crippen molar-refractivity contribution < 1.29 is 33.6 Å². The number of ether oxygens (including phenoxy) is 5. The van der Waals surface area contributed by atoms with Gasteiger partial charge in [-0.15, -0.1) is 0 Å². The molecule has 316 valence electrons. The van der Waals surface area contributed by atoms with Crippen LogP contribution < -0.4 is 5.32 Å². The van der Waals surface area contributed by atoms with Crippen molar-refractivity contribution >= 4 is 5.91 Å². The standard InChI is InChI=1S/C50H64N2O7/c1-35(2)42-26-25-36(3)29-50(42)51-43(49(54)52(50)4)27-41(53)28-44-46(56-31-38-19-11-6-12-20-38)48(58-33-40-23-15-8-16-24-40)47(57-32-39-21-13-7-14-22-39)45(59-44)34-55-30-37-17-9-5-10-18-37/h5-24,35-36,41-48,51,53H,25-34H2,1-4H3/t36-,41+,42+,43+,44+,45-,46+,47-,48-,50-/m1/s1. The van der Waals surface area contributed by atoms with Crippen molar-refractivity contribution in [1.82, 2.24) is 10.2 Å². The number of carbonyl (C=O) groups is 1. The van der Waals surface area contributed by atoms with Gasteiger partial charge in [0, 0.05) is 13.5 Å². The number of amides is 1. The summed E-state index contributed by atoms with van der Waals surface area (Å²) in [7, 11) is 1.94. The van der Waals surface area contributed by atoms with Crippen LogP contribution in [0.1, 0.15) is 75.1 Å². The predicted octanol–water partition coefficient (Wildman–Crippen LogP) is 8.09. The molecule has 1 saturated carbocycles. The number of carbonyl (C=O) groups excluding carboxylic acids is 1. The van der Waals surface area contributed by atoms with E-state index in [9.17, 15) is 9.90 Å². The molecule has 2 N–H and O–H groups in total. The largest absolute Gasteiger partial charge is 0.393 e. The maximum Gasteiger partial charge on any atom is 0.241 e. The normalized spacial score (nSPS) is 29.0. The average molecular weight is 805 g/mol. The maximum absolute atomic E-state index is 14.0. The van der Waals surface area contributed by atoms with Gasteiger partial charge in [0.15, 0.2) is 0 Å². The molecule has 9 nitrogen and oxygen atoms in total. The molecular formula is C50H64N2O7. The summed E-state index contributed by atoms with van der Waals surface area (Å²) in [5.74, 6) is 1.29. The van der Waals surface area contributed by atoms with Crippen LogP contribution in [0.3, 0.4) is 0 Å². The second-order valence-electron chi connectivity index (χ2n) is 17.4. The number of aliphatic hydroxyl groups excluding tert-OH is 1. The van der Waals surface area contributed by atoms with E-state index in [-0.39, 0.29) is 25.4 Å². The van der Waals surface area contributed by atoms with Crippen molar-refractivity contribution in [2.24, 2.45) is 17.8 Å². The Morgan fingerprint density at radius 3 is 1.68 bits per heavy atom. The second-order valence-corrected chi connectivity index (χ2v) is 17.4. The van der Waals surface area contributed by atoms with E-state index in [0.29, 0.717) is 44.2 Å². The fourth-order valence-corrected chi connectivity index (χ4v) is 9.69. The summed E-state index contributed by atoms with van der Waals surface area (Å²) in [4.78, 5) is 16.0. The minimum Gasteiger partial charge on any atom is -0.393 e. The van der Waals surface area contributed by atoms with Crippen LogP contribution >= 0.6 is 0 Å². The molecule has 2 aliphatic heterocycles. The average Bonchev–Trinajstić information content (AvgIpc) is 3.46. The summed E-state index contributed by atoms with van der Waals surface area (Å²) in [5.41, 5.74) is 3.70. The SMILES string of the molecule is CC(C)[C@@H]1CC[C@@H](C)C[C@]12N[C@@H](C[C@H](O)C[C@@H]1O[C@H](COCc3ccccc3)[C@@H](OCc3ccccc3)[C@H](OCc3ccccc3)[C@H]1OCc1ccccc1)C(=O)N2C. The van der Waals surface area contributed by atoms with Gasteiger partial charge in [-0.05, 0) is 59.3 Å². The number of likely N-dealkylation sites (N-methyl/N-ethyl adjacent to an activating group) is 1. The molecular weight excluding hydrogens is 741 g/mol. The molecule has 0 radical (unpaired) electrons. The summed E-state index contributed by atoms with van der Waals surface area (Å²) < 4.78 is 34.0. The van der Waals surface area contributed by atoms with E-state index in [1.54, 1.807) is 0 Å². The van der Waals surface area contributed by atoms with Crippen LogP contribution in [0.5, 0.6) is 0 Å². The number of nitrogens with one attached hydrogen (secondary N) is 1. The molecule has 0 unspecified atom stereocenters. The lowest BCUT2D eigenvalue weighted by Gasteiger charge is -2.49. The highest BCUT2D eigenvalue weighted by Crippen LogP contribution is 2.46. The number of nitrogens with zero attached hydrogens (tertiary/aromatic N) is 1. The number of rotatable bonds is 18. The number of hydrogen-bond donors (Lipinski definition) is 2. The van der Waals surface area contributed by atoms with Crippen molar-refractivity contribution in [2.75, 3.05) is 13.7 Å². The Morgan fingerprint density at radius 2 is 1.17 bits per heavy atom. The van der Waals surface area contributed by atoms with Gasteiger partial charge in [0.05, 0.1) is 56.9 Å². The summed E-state index contributed by atoms with van der Waals surface area (Å²) in [6.45, 7) is 8.43. The second kappa shape index (κ2) is 20.6. The van der Waals surface area contributed by atoms with E-state index in [1.165, 1.54) is 0 Å². The van der Waals surface area contributed by atoms with E-state index in [1.807, 2.05) is 133 Å². The monoisotopic (exact) mass is 804 g/mol. The molecule has 59 heavy (non-hydrogen) atoms. The Bertz CT molecular complexity index is 1850. The highest BCUT2D eigenvalue weighted by Gasteiger charge is 2.56. The van der Waals surface area contributed by atoms with Gasteiger partial charge < -0.3 is 33.7 Å². The Hall–Kier alpha value is -3.93. The van der Waals surface area contributed by atoms with Gasteiger partial charge in [0.1, 0.15) is 24.4 Å². The fraction of sp³-hybridized carbons (Fsp3) is 0.500. The highest BCUT2D eigenvalue weighted by molar-refractivity contribution is 5.85. The van der Waals surface area contributed by atoms with Crippen LogP contribution in [0.15, 0.2) is 121 Å². The molecule has 1 spiro atoms. The quantitative estimate of drug-likeness (QED) is 0.104. The van der Waals surface area contributed by atoms with Crippen molar-refractivity contribution in [1.29, 1.82) is 0 Å². The molecule has 1 aliphatic carbocycles. The molecule has 3 fully saturated rings. The van der Waals surface area contributed by atoms with Crippen LogP contribution in [-0.4, -0.2) is 77.9 Å². The first-order valence-electron chi connectivity index (χ1n) is 21.7. The van der Waals surface area contributed by atoms with Crippen LogP contribution in [0.25, 0.3) is 0 Å². The number of benzene rings is 4. The minimum absolute atomic E-state index is 0.0378. The first-order valence-corrected chi connectivity index (χ1v) is 21.7. The Morgan fingerprint density at radius 1 is 0.695 bits per heavy atom. The predicted molar refractivity (Wildman–Crippen MR) is 229 cm³/mol. The molecule has 9 heteroatoms. The maximum atomic E-state index is 14.0. The van der Waals surface area contributed by atoms with E-state index in [4.69, 9.17) is 23.7 Å². The van der Waals surface area contributed by atoms with E-state index >= 15 is 0 Å². The van der Waals surface area contributed by atoms with Crippen LogP contribution in [0.2, 0.25) is 0 Å². The third kappa shape index (κ3) is 10.9. The molecule has 1 amide bonds. The third-order valence-corrected chi connectivity index (χ3v) is 12.7. The highest BCUT2D eigenvalue weighted by atomic mass is 16.6. The van der Waals surface area contributed by atoms with Crippen LogP contribution in [0, 0.1) is 17.8 Å². The van der Waals surface area contributed by atoms with Gasteiger partial charge in [-0.3, -0.25) is 10.1 Å². The van der Waals surface area contributed by atoms with E-state index < -0.39 is 48.3 Å². The summed E-state index contributed by atoms with van der Waals surface area (Å²) >= 11 is 0. The van der Waals surface area contributed by atoms with E-state index in [0.717, 1.165) is 41.5 Å². The molecule has 4 aromatic rings. The molecule has 2 heterocycles. The summed E-state index contributed by atoms with van der Waals surface area (Å²) in [6, 6.07) is 39.8. The molecule has 0 aromatic heterocycles. The Labute approximate surface area is 351 Å². The van der Waals surface area contributed by atoms with Gasteiger partial charge in [0.2, 0.25) is 5.91 Å². The van der Waals surface area contributed by atoms with Crippen LogP contribution in [-0.2, 0) is 54.9 Å². The minimum atomic E-state index is -0.867. The van der Waals surface area contributed by atoms with Gasteiger partial charge in [-0.25, -0.2) is 0 Å². The zero-order valence-corrected chi connectivity index (χ0v) is 35.2. The Kier molecular flexibility index (Phi) is 15.0. The molecule has 2 saturated heterocycles. The smallest absolute Gasteiger partial charge is 0.241 e. The zero-order valence-electron chi connectivity index (χ0n) is 35.2. The molecule has 0 bridgehead atoms. The molecule has 3 aliphatic rings. The molecule has 7 rings (SSSR count). The number of aliphatic hydroxyl groups is 1. The topological polar surface area (TPSA) is 98.7 Å². The van der Waals surface area contributed by atoms with Crippen LogP contribution in [0.4, 0.5) is 0 Å². The van der Waals surface area contributed by atoms with Gasteiger partial charge >= 0.3 is 0 Å². The van der Waals surface area contributed by atoms with Crippen molar-refractivity contribution in [3.05, 3.63) is 144 Å². The lowest BCUT2D eigenvalue weighted by atomic mass is 9.69. The summed E-state index contributed by atoms with van der Waals surface area (Å²) in [6.07, 6.45) is -0.171. The first kappa shape index (κ1) is 43.2. The van der Waals surface area contributed by atoms with Crippen molar-refractivity contribution in [3.63, 3.8) is 0 Å². The van der Waals surface area contributed by atoms with Gasteiger partial charge in [0.25, 0.3) is 0 Å². The van der Waals surface area contributed by atoms with Gasteiger partial charge in [-0.1, -0.05) is 149 Å². The van der Waals surface area contributed by atoms with Crippen molar-refractivity contribution in [2.45, 2.75) is 128 Å². The lowest BCUT2D eigenvalue weighted by molar-refractivity contribution is -0.276. The Balaban J connectivity index is 1.17. The summed E-state index contributed by atoms with van der Waals surface area (Å²) in [5, 5.41) is 15.9. The molecule has 4 aromatic carbocycles. The van der Waals surface area contributed by atoms with Crippen molar-refractivity contribution in [3.8, 4) is 0 Å². The zero-order chi connectivity index (χ0) is 41.2. The van der Waals surface area contributed by atoms with Gasteiger partial charge in [-0.2, -0.15) is 0 Å².